The van der Waals surface area contributed by atoms with Crippen molar-refractivity contribution in [3.05, 3.63) is 29.8 Å². The Hall–Kier alpha value is -1.10. The van der Waals surface area contributed by atoms with Crippen LogP contribution in [0.1, 0.15) is 5.56 Å². The van der Waals surface area contributed by atoms with Gasteiger partial charge >= 0.3 is 0 Å². The molecular weight excluding hydrogens is 196 g/mol. The molecule has 0 atom stereocenters. The minimum atomic E-state index is -0.125. The Balaban J connectivity index is 0.000000423. The van der Waals surface area contributed by atoms with Crippen molar-refractivity contribution in [1.82, 2.24) is 0 Å². The minimum absolute atomic E-state index is 0.0634. The smallest absolute Gasteiger partial charge is 0.119 e. The molecule has 0 heterocycles. The fourth-order valence-corrected chi connectivity index (χ4v) is 0.798. The Bertz CT molecular complexity index is 231. The van der Waals surface area contributed by atoms with Gasteiger partial charge in [-0.3, -0.25) is 0 Å². The van der Waals surface area contributed by atoms with Gasteiger partial charge in [0.25, 0.3) is 0 Å². The monoisotopic (exact) mass is 214 g/mol. The lowest BCUT2D eigenvalue weighted by Crippen LogP contribution is -2.01. The van der Waals surface area contributed by atoms with Crippen LogP contribution in [0, 0.1) is 6.92 Å². The number of rotatable bonds is 4. The molecule has 0 saturated carbocycles. The van der Waals surface area contributed by atoms with Crippen molar-refractivity contribution in [2.75, 3.05) is 26.4 Å². The third-order valence-electron chi connectivity index (χ3n) is 1.48. The van der Waals surface area contributed by atoms with Crippen molar-refractivity contribution >= 4 is 0 Å². The molecule has 15 heavy (non-hydrogen) atoms. The van der Waals surface area contributed by atoms with Gasteiger partial charge in [0, 0.05) is 0 Å². The maximum absolute atomic E-state index is 8.46. The maximum atomic E-state index is 8.46. The topological polar surface area (TPSA) is 69.9 Å². The van der Waals surface area contributed by atoms with Crippen LogP contribution in [0.5, 0.6) is 5.75 Å². The van der Waals surface area contributed by atoms with Crippen molar-refractivity contribution in [2.24, 2.45) is 0 Å². The highest BCUT2D eigenvalue weighted by molar-refractivity contribution is 5.26. The minimum Gasteiger partial charge on any atom is -0.491 e. The van der Waals surface area contributed by atoms with Gasteiger partial charge in [-0.1, -0.05) is 17.7 Å². The van der Waals surface area contributed by atoms with E-state index in [1.807, 2.05) is 31.2 Å². The number of hydrogen-bond donors (Lipinski definition) is 3. The molecule has 0 aliphatic carbocycles. The van der Waals surface area contributed by atoms with E-state index in [1.54, 1.807) is 0 Å². The lowest BCUT2D eigenvalue weighted by Gasteiger charge is -2.02. The standard InChI is InChI=1S/C9H12O2.C2H6O2/c1-8-2-4-9(5-3-8)11-7-6-10;3-1-2-4/h2-5,10H,6-7H2,1H3;3-4H,1-2H2. The van der Waals surface area contributed by atoms with Gasteiger partial charge in [0.15, 0.2) is 0 Å². The molecule has 1 aromatic carbocycles. The molecular formula is C11H18O4. The van der Waals surface area contributed by atoms with Crippen LogP contribution < -0.4 is 4.74 Å². The summed E-state index contributed by atoms with van der Waals surface area (Å²) >= 11 is 0. The molecule has 3 N–H and O–H groups in total. The molecule has 0 aliphatic rings. The molecule has 0 radical (unpaired) electrons. The number of hydrogen-bond acceptors (Lipinski definition) is 4. The van der Waals surface area contributed by atoms with Crippen molar-refractivity contribution in [1.29, 1.82) is 0 Å². The van der Waals surface area contributed by atoms with Gasteiger partial charge in [-0.05, 0) is 19.1 Å². The normalized spacial score (nSPS) is 9.07. The molecule has 0 aliphatic heterocycles. The first kappa shape index (κ1) is 13.9. The summed E-state index contributed by atoms with van der Waals surface area (Å²) in [4.78, 5) is 0. The van der Waals surface area contributed by atoms with Gasteiger partial charge < -0.3 is 20.1 Å². The third-order valence-corrected chi connectivity index (χ3v) is 1.48. The molecule has 0 aromatic heterocycles. The van der Waals surface area contributed by atoms with E-state index in [1.165, 1.54) is 5.56 Å². The molecule has 4 heteroatoms. The Labute approximate surface area is 89.8 Å². The highest BCUT2D eigenvalue weighted by atomic mass is 16.5. The maximum Gasteiger partial charge on any atom is 0.119 e. The van der Waals surface area contributed by atoms with Crippen LogP contribution in [0.4, 0.5) is 0 Å². The highest BCUT2D eigenvalue weighted by Crippen LogP contribution is 2.10. The SMILES string of the molecule is Cc1ccc(OCCO)cc1.OCCO. The first-order chi connectivity index (χ1) is 7.24. The number of aliphatic hydroxyl groups excluding tert-OH is 3. The number of aliphatic hydroxyl groups is 3. The largest absolute Gasteiger partial charge is 0.491 e. The average Bonchev–Trinajstić information content (AvgIpc) is 2.29. The van der Waals surface area contributed by atoms with E-state index in [0.717, 1.165) is 5.75 Å². The number of aryl methyl sites for hydroxylation is 1. The summed E-state index contributed by atoms with van der Waals surface area (Å²) < 4.78 is 5.16. The Morgan fingerprint density at radius 1 is 0.933 bits per heavy atom. The van der Waals surface area contributed by atoms with Gasteiger partial charge in [-0.2, -0.15) is 0 Å². The summed E-state index contributed by atoms with van der Waals surface area (Å²) in [5.74, 6) is 0.810. The van der Waals surface area contributed by atoms with E-state index in [2.05, 4.69) is 0 Å². The van der Waals surface area contributed by atoms with Crippen LogP contribution in [0.2, 0.25) is 0 Å². The quantitative estimate of drug-likeness (QED) is 0.676. The molecule has 1 aromatic rings. The zero-order valence-electron chi connectivity index (χ0n) is 8.89. The fourth-order valence-electron chi connectivity index (χ4n) is 0.798. The predicted molar refractivity (Wildman–Crippen MR) is 57.9 cm³/mol. The van der Waals surface area contributed by atoms with Crippen LogP contribution in [-0.2, 0) is 0 Å². The van der Waals surface area contributed by atoms with E-state index >= 15 is 0 Å². The number of ether oxygens (including phenoxy) is 1. The molecule has 0 saturated heterocycles. The van der Waals surface area contributed by atoms with Crippen molar-refractivity contribution < 1.29 is 20.1 Å². The lowest BCUT2D eigenvalue weighted by molar-refractivity contribution is 0.186. The van der Waals surface area contributed by atoms with Crippen molar-refractivity contribution in [3.63, 3.8) is 0 Å². The van der Waals surface area contributed by atoms with Gasteiger partial charge in [0.1, 0.15) is 12.4 Å². The van der Waals surface area contributed by atoms with Crippen LogP contribution in [0.15, 0.2) is 24.3 Å². The van der Waals surface area contributed by atoms with Gasteiger partial charge in [-0.25, -0.2) is 0 Å². The van der Waals surface area contributed by atoms with Gasteiger partial charge in [0.05, 0.1) is 19.8 Å². The van der Waals surface area contributed by atoms with Crippen molar-refractivity contribution in [3.8, 4) is 5.75 Å². The summed E-state index contributed by atoms with van der Waals surface area (Å²) in [7, 11) is 0. The zero-order chi connectivity index (χ0) is 11.5. The van der Waals surface area contributed by atoms with E-state index in [0.29, 0.717) is 6.61 Å². The van der Waals surface area contributed by atoms with Gasteiger partial charge in [0.2, 0.25) is 0 Å². The molecule has 4 nitrogen and oxygen atoms in total. The third kappa shape index (κ3) is 7.93. The summed E-state index contributed by atoms with van der Waals surface area (Å²) in [6.45, 7) is 2.20. The summed E-state index contributed by atoms with van der Waals surface area (Å²) in [5.41, 5.74) is 1.21. The second kappa shape index (κ2) is 9.45. The molecule has 0 fully saturated rings. The summed E-state index contributed by atoms with van der Waals surface area (Å²) in [6, 6.07) is 7.75. The zero-order valence-corrected chi connectivity index (χ0v) is 8.89. The summed E-state index contributed by atoms with van der Waals surface area (Å²) in [5, 5.41) is 23.7. The Kier molecular flexibility index (Phi) is 8.76. The van der Waals surface area contributed by atoms with E-state index < -0.39 is 0 Å². The predicted octanol–water partition coefficient (Wildman–Crippen LogP) is 0.337. The van der Waals surface area contributed by atoms with E-state index in [4.69, 9.17) is 20.1 Å². The van der Waals surface area contributed by atoms with Crippen LogP contribution in [0.25, 0.3) is 0 Å². The Morgan fingerprint density at radius 2 is 1.47 bits per heavy atom. The lowest BCUT2D eigenvalue weighted by atomic mass is 10.2. The fraction of sp³-hybridized carbons (Fsp3) is 0.455. The first-order valence-corrected chi connectivity index (χ1v) is 4.76. The van der Waals surface area contributed by atoms with Crippen LogP contribution in [0.3, 0.4) is 0 Å². The number of benzene rings is 1. The summed E-state index contributed by atoms with van der Waals surface area (Å²) in [6.07, 6.45) is 0. The molecule has 86 valence electrons. The first-order valence-electron chi connectivity index (χ1n) is 4.76. The second-order valence-electron chi connectivity index (χ2n) is 2.83. The van der Waals surface area contributed by atoms with Crippen LogP contribution >= 0.6 is 0 Å². The second-order valence-corrected chi connectivity index (χ2v) is 2.83. The van der Waals surface area contributed by atoms with Crippen LogP contribution in [-0.4, -0.2) is 41.7 Å². The Morgan fingerprint density at radius 3 is 1.87 bits per heavy atom. The molecule has 0 unspecified atom stereocenters. The molecule has 0 amide bonds. The van der Waals surface area contributed by atoms with Gasteiger partial charge in [-0.15, -0.1) is 0 Å². The van der Waals surface area contributed by atoms with E-state index in [-0.39, 0.29) is 19.8 Å². The molecule has 0 spiro atoms. The molecule has 0 bridgehead atoms. The van der Waals surface area contributed by atoms with E-state index in [9.17, 15) is 0 Å². The molecule has 1 rings (SSSR count). The average molecular weight is 214 g/mol. The highest BCUT2D eigenvalue weighted by Gasteiger charge is 1.90. The van der Waals surface area contributed by atoms with Crippen molar-refractivity contribution in [2.45, 2.75) is 6.92 Å².